The van der Waals surface area contributed by atoms with Crippen molar-refractivity contribution in [2.75, 3.05) is 13.1 Å². The molecule has 128 valence electrons. The fourth-order valence-electron chi connectivity index (χ4n) is 2.98. The molecule has 2 atom stereocenters. The second-order valence-corrected chi connectivity index (χ2v) is 7.64. The number of aryl methyl sites for hydroxylation is 2. The van der Waals surface area contributed by atoms with Crippen LogP contribution in [0.25, 0.3) is 0 Å². The fourth-order valence-corrected chi connectivity index (χ4v) is 3.75. The normalized spacial score (nSPS) is 20.0. The number of guanidine groups is 1. The van der Waals surface area contributed by atoms with Crippen molar-refractivity contribution in [3.8, 4) is 0 Å². The molecule has 0 aliphatic heterocycles. The molecule has 0 radical (unpaired) electrons. The predicted octanol–water partition coefficient (Wildman–Crippen LogP) is 3.41. The molecule has 2 N–H and O–H groups in total. The predicted molar refractivity (Wildman–Crippen MR) is 102 cm³/mol. The van der Waals surface area contributed by atoms with Crippen LogP contribution in [0.2, 0.25) is 0 Å². The fraction of sp³-hybridized carbons (Fsp3) is 0.474. The van der Waals surface area contributed by atoms with Crippen LogP contribution >= 0.6 is 11.3 Å². The Morgan fingerprint density at radius 3 is 2.88 bits per heavy atom. The Morgan fingerprint density at radius 1 is 1.33 bits per heavy atom. The van der Waals surface area contributed by atoms with Gasteiger partial charge in [0.25, 0.3) is 0 Å². The number of benzene rings is 1. The standard InChI is InChI=1S/C19H26N4S/c1-4-20-19(21-10-9-18-22-12-14(3)24-18)23-17-11-16(17)15-8-6-5-7-13(15)2/h5-8,12,16-17H,4,9-11H2,1-3H3,(H2,20,21,23). The Hall–Kier alpha value is -1.88. The van der Waals surface area contributed by atoms with E-state index >= 15 is 0 Å². The maximum Gasteiger partial charge on any atom is 0.191 e. The van der Waals surface area contributed by atoms with Crippen LogP contribution in [0, 0.1) is 13.8 Å². The molecule has 1 aromatic carbocycles. The number of nitrogens with zero attached hydrogens (tertiary/aromatic N) is 2. The smallest absolute Gasteiger partial charge is 0.191 e. The van der Waals surface area contributed by atoms with E-state index in [1.54, 1.807) is 11.3 Å². The zero-order valence-electron chi connectivity index (χ0n) is 14.7. The van der Waals surface area contributed by atoms with Crippen molar-refractivity contribution in [1.29, 1.82) is 0 Å². The first-order valence-electron chi connectivity index (χ1n) is 8.69. The number of rotatable bonds is 6. The van der Waals surface area contributed by atoms with Crippen molar-refractivity contribution >= 4 is 17.3 Å². The lowest BCUT2D eigenvalue weighted by Crippen LogP contribution is -2.39. The quantitative estimate of drug-likeness (QED) is 0.625. The molecule has 1 heterocycles. The van der Waals surface area contributed by atoms with Crippen LogP contribution in [-0.2, 0) is 6.42 Å². The highest BCUT2D eigenvalue weighted by molar-refractivity contribution is 7.11. The second kappa shape index (κ2) is 7.79. The van der Waals surface area contributed by atoms with Crippen LogP contribution in [0.3, 0.4) is 0 Å². The largest absolute Gasteiger partial charge is 0.357 e. The summed E-state index contributed by atoms with van der Waals surface area (Å²) < 4.78 is 0. The molecular weight excluding hydrogens is 316 g/mol. The van der Waals surface area contributed by atoms with Gasteiger partial charge in [0.05, 0.1) is 5.01 Å². The minimum absolute atomic E-state index is 0.492. The van der Waals surface area contributed by atoms with Crippen LogP contribution in [0.5, 0.6) is 0 Å². The number of aromatic nitrogens is 1. The van der Waals surface area contributed by atoms with Gasteiger partial charge in [0.2, 0.25) is 0 Å². The van der Waals surface area contributed by atoms with Gasteiger partial charge in [-0.1, -0.05) is 24.3 Å². The van der Waals surface area contributed by atoms with Gasteiger partial charge in [0.15, 0.2) is 5.96 Å². The summed E-state index contributed by atoms with van der Waals surface area (Å²) in [6.45, 7) is 8.04. The van der Waals surface area contributed by atoms with Gasteiger partial charge in [-0.25, -0.2) is 4.98 Å². The maximum absolute atomic E-state index is 4.71. The highest BCUT2D eigenvalue weighted by Gasteiger charge is 2.39. The first-order valence-corrected chi connectivity index (χ1v) is 9.50. The topological polar surface area (TPSA) is 49.3 Å². The van der Waals surface area contributed by atoms with Gasteiger partial charge in [0, 0.05) is 42.5 Å². The van der Waals surface area contributed by atoms with E-state index in [-0.39, 0.29) is 0 Å². The first kappa shape index (κ1) is 17.0. The van der Waals surface area contributed by atoms with E-state index in [1.165, 1.54) is 22.4 Å². The van der Waals surface area contributed by atoms with E-state index in [4.69, 9.17) is 4.99 Å². The van der Waals surface area contributed by atoms with Crippen LogP contribution in [0.15, 0.2) is 35.5 Å². The number of thiazole rings is 1. The molecule has 1 aliphatic carbocycles. The Balaban J connectivity index is 1.55. The zero-order chi connectivity index (χ0) is 16.9. The van der Waals surface area contributed by atoms with Gasteiger partial charge >= 0.3 is 0 Å². The molecule has 0 amide bonds. The summed E-state index contributed by atoms with van der Waals surface area (Å²) in [5.41, 5.74) is 2.84. The summed E-state index contributed by atoms with van der Waals surface area (Å²) >= 11 is 1.76. The van der Waals surface area contributed by atoms with E-state index in [2.05, 4.69) is 60.7 Å². The van der Waals surface area contributed by atoms with Gasteiger partial charge < -0.3 is 10.6 Å². The van der Waals surface area contributed by atoms with Crippen LogP contribution in [-0.4, -0.2) is 30.1 Å². The van der Waals surface area contributed by atoms with E-state index in [1.807, 2.05) is 6.20 Å². The molecule has 24 heavy (non-hydrogen) atoms. The number of hydrogen-bond donors (Lipinski definition) is 2. The van der Waals surface area contributed by atoms with Crippen LogP contribution in [0.1, 0.15) is 40.3 Å². The summed E-state index contributed by atoms with van der Waals surface area (Å²) in [5.74, 6) is 1.53. The molecule has 1 aromatic heterocycles. The number of aliphatic imine (C=N–C) groups is 1. The van der Waals surface area contributed by atoms with Crippen molar-refractivity contribution in [3.63, 3.8) is 0 Å². The summed E-state index contributed by atoms with van der Waals surface area (Å²) in [5, 5.41) is 8.10. The first-order chi connectivity index (χ1) is 11.7. The Morgan fingerprint density at radius 2 is 2.17 bits per heavy atom. The monoisotopic (exact) mass is 342 g/mol. The SMILES string of the molecule is CCNC(=NCCc1ncc(C)s1)NC1CC1c1ccccc1C. The molecule has 0 bridgehead atoms. The molecular formula is C19H26N4S. The zero-order valence-corrected chi connectivity index (χ0v) is 15.5. The molecule has 3 rings (SSSR count). The number of hydrogen-bond acceptors (Lipinski definition) is 3. The molecule has 4 nitrogen and oxygen atoms in total. The Kier molecular flexibility index (Phi) is 5.51. The van der Waals surface area contributed by atoms with Crippen molar-refractivity contribution in [1.82, 2.24) is 15.6 Å². The molecule has 0 spiro atoms. The molecule has 2 aromatic rings. The minimum Gasteiger partial charge on any atom is -0.357 e. The van der Waals surface area contributed by atoms with Gasteiger partial charge in [-0.15, -0.1) is 11.3 Å². The van der Waals surface area contributed by atoms with E-state index in [9.17, 15) is 0 Å². The molecule has 0 saturated heterocycles. The molecule has 2 unspecified atom stereocenters. The third-order valence-electron chi connectivity index (χ3n) is 4.31. The van der Waals surface area contributed by atoms with Crippen LogP contribution < -0.4 is 10.6 Å². The summed E-state index contributed by atoms with van der Waals surface area (Å²) in [6.07, 6.45) is 4.02. The van der Waals surface area contributed by atoms with E-state index in [0.29, 0.717) is 12.0 Å². The van der Waals surface area contributed by atoms with E-state index in [0.717, 1.165) is 30.5 Å². The highest BCUT2D eigenvalue weighted by atomic mass is 32.1. The van der Waals surface area contributed by atoms with Crippen molar-refractivity contribution in [2.24, 2.45) is 4.99 Å². The summed E-state index contributed by atoms with van der Waals surface area (Å²) in [7, 11) is 0. The molecule has 1 saturated carbocycles. The molecule has 1 fully saturated rings. The lowest BCUT2D eigenvalue weighted by atomic mass is 10.0. The lowest BCUT2D eigenvalue weighted by Gasteiger charge is -2.11. The number of nitrogens with one attached hydrogen (secondary N) is 2. The van der Waals surface area contributed by atoms with Gasteiger partial charge in [0.1, 0.15) is 0 Å². The van der Waals surface area contributed by atoms with Crippen molar-refractivity contribution in [2.45, 2.75) is 45.6 Å². The average Bonchev–Trinajstić information content (AvgIpc) is 3.19. The van der Waals surface area contributed by atoms with Gasteiger partial charge in [-0.2, -0.15) is 0 Å². The lowest BCUT2D eigenvalue weighted by molar-refractivity contribution is 0.790. The summed E-state index contributed by atoms with van der Waals surface area (Å²) in [4.78, 5) is 10.4. The highest BCUT2D eigenvalue weighted by Crippen LogP contribution is 2.41. The summed E-state index contributed by atoms with van der Waals surface area (Å²) in [6, 6.07) is 9.17. The minimum atomic E-state index is 0.492. The average molecular weight is 343 g/mol. The maximum atomic E-state index is 4.71. The third kappa shape index (κ3) is 4.35. The molecule has 1 aliphatic rings. The van der Waals surface area contributed by atoms with Crippen molar-refractivity contribution < 1.29 is 0 Å². The third-order valence-corrected chi connectivity index (χ3v) is 5.28. The van der Waals surface area contributed by atoms with Crippen LogP contribution in [0.4, 0.5) is 0 Å². The van der Waals surface area contributed by atoms with Gasteiger partial charge in [-0.3, -0.25) is 4.99 Å². The molecule has 5 heteroatoms. The Bertz CT molecular complexity index is 707. The van der Waals surface area contributed by atoms with Gasteiger partial charge in [-0.05, 0) is 38.3 Å². The van der Waals surface area contributed by atoms with Crippen molar-refractivity contribution in [3.05, 3.63) is 51.5 Å². The second-order valence-electron chi connectivity index (χ2n) is 6.32. The van der Waals surface area contributed by atoms with E-state index < -0.39 is 0 Å². The Labute approximate surface area is 148 Å².